The predicted molar refractivity (Wildman–Crippen MR) is 98.3 cm³/mol. The molecule has 0 N–H and O–H groups in total. The number of carbonyl (C=O) groups excluding carboxylic acids is 2. The second-order valence-corrected chi connectivity index (χ2v) is 6.90. The van der Waals surface area contributed by atoms with E-state index < -0.39 is 6.16 Å². The van der Waals surface area contributed by atoms with Crippen molar-refractivity contribution in [3.63, 3.8) is 0 Å². The smallest absolute Gasteiger partial charge is 0.493 e. The van der Waals surface area contributed by atoms with Gasteiger partial charge in [0, 0.05) is 6.42 Å². The highest BCUT2D eigenvalue weighted by Crippen LogP contribution is 2.35. The number of rotatable bonds is 5. The second-order valence-electron chi connectivity index (χ2n) is 6.90. The fraction of sp³-hybridized carbons (Fsp3) is 0.429. The summed E-state index contributed by atoms with van der Waals surface area (Å²) in [5.74, 6) is 0.507. The number of ketones is 1. The van der Waals surface area contributed by atoms with Crippen LogP contribution < -0.4 is 4.74 Å². The Morgan fingerprint density at radius 1 is 1.33 bits per heavy atom. The maximum Gasteiger partial charge on any atom is 0.508 e. The number of allylic oxidation sites excluding steroid dienone is 1. The number of Topliss-reactive ketones (excluding diaryl/α,β-unsaturated/α-hetero) is 1. The molecule has 3 unspecified atom stereocenters. The number of benzene rings is 1. The first-order valence-corrected chi connectivity index (χ1v) is 9.07. The zero-order valence-electron chi connectivity index (χ0n) is 15.6. The zero-order valence-corrected chi connectivity index (χ0v) is 15.6. The SMILES string of the molecule is C=CCOC(=O)OC1CCC2C(=O)C(Oc3cc(C)ccc3C)=COC2C1. The van der Waals surface area contributed by atoms with Gasteiger partial charge < -0.3 is 18.9 Å². The van der Waals surface area contributed by atoms with Gasteiger partial charge in [0.1, 0.15) is 30.8 Å². The van der Waals surface area contributed by atoms with E-state index in [0.29, 0.717) is 25.0 Å². The molecule has 0 aromatic heterocycles. The van der Waals surface area contributed by atoms with Crippen LogP contribution in [0.2, 0.25) is 0 Å². The Hall–Kier alpha value is -2.76. The highest BCUT2D eigenvalue weighted by atomic mass is 16.7. The molecular weight excluding hydrogens is 348 g/mol. The molecule has 0 bridgehead atoms. The molecule has 1 aromatic carbocycles. The van der Waals surface area contributed by atoms with E-state index in [1.165, 1.54) is 12.3 Å². The maximum atomic E-state index is 12.8. The van der Waals surface area contributed by atoms with Crippen LogP contribution in [-0.4, -0.2) is 30.8 Å². The van der Waals surface area contributed by atoms with Gasteiger partial charge in [0.2, 0.25) is 11.5 Å². The van der Waals surface area contributed by atoms with Gasteiger partial charge in [0.15, 0.2) is 0 Å². The van der Waals surface area contributed by atoms with E-state index in [1.54, 1.807) is 0 Å². The number of hydrogen-bond donors (Lipinski definition) is 0. The lowest BCUT2D eigenvalue weighted by atomic mass is 9.80. The molecule has 0 amide bonds. The van der Waals surface area contributed by atoms with Crippen LogP contribution in [0.1, 0.15) is 30.4 Å². The molecule has 6 nitrogen and oxygen atoms in total. The van der Waals surface area contributed by atoms with Crippen molar-refractivity contribution in [2.75, 3.05) is 6.61 Å². The van der Waals surface area contributed by atoms with Crippen molar-refractivity contribution >= 4 is 11.9 Å². The first-order valence-electron chi connectivity index (χ1n) is 9.07. The Morgan fingerprint density at radius 3 is 2.93 bits per heavy atom. The molecule has 1 fully saturated rings. The summed E-state index contributed by atoms with van der Waals surface area (Å²) in [7, 11) is 0. The first-order chi connectivity index (χ1) is 13.0. The van der Waals surface area contributed by atoms with E-state index in [-0.39, 0.29) is 36.3 Å². The van der Waals surface area contributed by atoms with Crippen LogP contribution in [0.3, 0.4) is 0 Å². The lowest BCUT2D eigenvalue weighted by molar-refractivity contribution is -0.132. The van der Waals surface area contributed by atoms with Crippen molar-refractivity contribution in [3.8, 4) is 5.75 Å². The normalized spacial score (nSPS) is 24.1. The van der Waals surface area contributed by atoms with Gasteiger partial charge >= 0.3 is 6.16 Å². The molecule has 2 aliphatic rings. The summed E-state index contributed by atoms with van der Waals surface area (Å²) in [6.45, 7) is 7.49. The number of aryl methyl sites for hydroxylation is 2. The maximum absolute atomic E-state index is 12.8. The van der Waals surface area contributed by atoms with Crippen molar-refractivity contribution in [2.45, 2.75) is 45.3 Å². The first kappa shape index (κ1) is 19.0. The zero-order chi connectivity index (χ0) is 19.4. The number of carbonyl (C=O) groups is 2. The van der Waals surface area contributed by atoms with E-state index in [4.69, 9.17) is 18.9 Å². The standard InChI is InChI=1S/C21H24O6/c1-4-9-24-21(23)26-15-7-8-16-18(11-15)25-12-19(20(16)22)27-17-10-13(2)5-6-14(17)3/h4-6,10,12,15-16,18H,1,7-9,11H2,2-3H3. The molecule has 0 spiro atoms. The summed E-state index contributed by atoms with van der Waals surface area (Å²) in [6.07, 6.45) is 3.07. The molecule has 1 saturated carbocycles. The van der Waals surface area contributed by atoms with Crippen molar-refractivity contribution in [1.29, 1.82) is 0 Å². The lowest BCUT2D eigenvalue weighted by Crippen LogP contribution is -2.43. The predicted octanol–water partition coefficient (Wildman–Crippen LogP) is 4.00. The van der Waals surface area contributed by atoms with E-state index in [1.807, 2.05) is 32.0 Å². The van der Waals surface area contributed by atoms with E-state index >= 15 is 0 Å². The third-order valence-electron chi connectivity index (χ3n) is 4.82. The van der Waals surface area contributed by atoms with Crippen LogP contribution >= 0.6 is 0 Å². The van der Waals surface area contributed by atoms with Crippen LogP contribution in [0.15, 0.2) is 42.9 Å². The molecule has 3 rings (SSSR count). The fourth-order valence-corrected chi connectivity index (χ4v) is 3.35. The van der Waals surface area contributed by atoms with Gasteiger partial charge in [-0.3, -0.25) is 4.79 Å². The number of ether oxygens (including phenoxy) is 4. The molecule has 3 atom stereocenters. The van der Waals surface area contributed by atoms with Crippen molar-refractivity contribution in [1.82, 2.24) is 0 Å². The Bertz CT molecular complexity index is 766. The van der Waals surface area contributed by atoms with Crippen LogP contribution in [0.4, 0.5) is 4.79 Å². The highest BCUT2D eigenvalue weighted by Gasteiger charge is 2.42. The summed E-state index contributed by atoms with van der Waals surface area (Å²) >= 11 is 0. The Balaban J connectivity index is 1.62. The summed E-state index contributed by atoms with van der Waals surface area (Å²) in [4.78, 5) is 24.4. The fourth-order valence-electron chi connectivity index (χ4n) is 3.35. The average Bonchev–Trinajstić information content (AvgIpc) is 2.65. The van der Waals surface area contributed by atoms with Gasteiger partial charge in [0.25, 0.3) is 0 Å². The van der Waals surface area contributed by atoms with Crippen LogP contribution in [0.5, 0.6) is 5.75 Å². The Kier molecular flexibility index (Phi) is 5.84. The summed E-state index contributed by atoms with van der Waals surface area (Å²) < 4.78 is 21.7. The van der Waals surface area contributed by atoms with E-state index in [0.717, 1.165) is 11.1 Å². The van der Waals surface area contributed by atoms with Crippen molar-refractivity contribution in [2.24, 2.45) is 5.92 Å². The van der Waals surface area contributed by atoms with Crippen molar-refractivity contribution in [3.05, 3.63) is 54.0 Å². The molecule has 1 heterocycles. The third kappa shape index (κ3) is 4.51. The summed E-state index contributed by atoms with van der Waals surface area (Å²) in [5, 5.41) is 0. The minimum Gasteiger partial charge on any atom is -0.493 e. The minimum absolute atomic E-state index is 0.0696. The molecule has 6 heteroatoms. The van der Waals surface area contributed by atoms with Gasteiger partial charge in [0.05, 0.1) is 5.92 Å². The number of hydrogen-bond acceptors (Lipinski definition) is 6. The van der Waals surface area contributed by atoms with E-state index in [2.05, 4.69) is 6.58 Å². The summed E-state index contributed by atoms with van der Waals surface area (Å²) in [6, 6.07) is 5.85. The van der Waals surface area contributed by atoms with Crippen LogP contribution in [-0.2, 0) is 19.0 Å². The topological polar surface area (TPSA) is 71.1 Å². The molecule has 0 radical (unpaired) electrons. The van der Waals surface area contributed by atoms with Crippen LogP contribution in [0.25, 0.3) is 0 Å². The molecule has 0 saturated heterocycles. The minimum atomic E-state index is -0.727. The van der Waals surface area contributed by atoms with Gasteiger partial charge in [-0.1, -0.05) is 24.8 Å². The quantitative estimate of drug-likeness (QED) is 0.575. The molecule has 1 aliphatic carbocycles. The monoisotopic (exact) mass is 372 g/mol. The van der Waals surface area contributed by atoms with Gasteiger partial charge in [-0.25, -0.2) is 4.79 Å². The molecular formula is C21H24O6. The number of fused-ring (bicyclic) bond motifs is 1. The van der Waals surface area contributed by atoms with Gasteiger partial charge in [-0.15, -0.1) is 0 Å². The second kappa shape index (κ2) is 8.29. The van der Waals surface area contributed by atoms with Gasteiger partial charge in [-0.05, 0) is 43.9 Å². The summed E-state index contributed by atoms with van der Waals surface area (Å²) in [5.41, 5.74) is 2.01. The molecule has 27 heavy (non-hydrogen) atoms. The Morgan fingerprint density at radius 2 is 2.15 bits per heavy atom. The molecule has 144 valence electrons. The van der Waals surface area contributed by atoms with Crippen LogP contribution in [0, 0.1) is 19.8 Å². The Labute approximate surface area is 158 Å². The largest absolute Gasteiger partial charge is 0.508 e. The highest BCUT2D eigenvalue weighted by molar-refractivity contribution is 5.96. The lowest BCUT2D eigenvalue weighted by Gasteiger charge is -2.36. The van der Waals surface area contributed by atoms with E-state index in [9.17, 15) is 9.59 Å². The molecule has 1 aromatic rings. The van der Waals surface area contributed by atoms with Crippen molar-refractivity contribution < 1.29 is 28.5 Å². The molecule has 1 aliphatic heterocycles. The third-order valence-corrected chi connectivity index (χ3v) is 4.82. The van der Waals surface area contributed by atoms with Gasteiger partial charge in [-0.2, -0.15) is 0 Å². The average molecular weight is 372 g/mol.